The first-order chi connectivity index (χ1) is 8.97. The number of aromatic hydroxyl groups is 1. The number of rotatable bonds is 5. The van der Waals surface area contributed by atoms with Gasteiger partial charge in [-0.3, -0.25) is 9.59 Å². The number of carboxylic acids is 1. The second-order valence-corrected chi connectivity index (χ2v) is 5.04. The molecule has 1 aromatic rings. The van der Waals surface area contributed by atoms with Crippen LogP contribution in [0.1, 0.15) is 28.8 Å². The number of phenols is 1. The highest BCUT2D eigenvalue weighted by molar-refractivity contribution is 5.98. The summed E-state index contributed by atoms with van der Waals surface area (Å²) in [5, 5.41) is 18.7. The van der Waals surface area contributed by atoms with Gasteiger partial charge in [-0.15, -0.1) is 0 Å². The zero-order valence-corrected chi connectivity index (χ0v) is 10.8. The number of aliphatic carboxylic acids is 1. The number of carbonyl (C=O) groups excluding carboxylic acids is 1. The van der Waals surface area contributed by atoms with Gasteiger partial charge in [0.15, 0.2) is 0 Å². The molecular weight excluding hydrogens is 246 g/mol. The third-order valence-corrected chi connectivity index (χ3v) is 3.17. The molecule has 1 aliphatic rings. The van der Waals surface area contributed by atoms with E-state index >= 15 is 0 Å². The Morgan fingerprint density at radius 1 is 1.37 bits per heavy atom. The fourth-order valence-electron chi connectivity index (χ4n) is 1.99. The molecule has 2 N–H and O–H groups in total. The molecule has 1 aromatic carbocycles. The van der Waals surface area contributed by atoms with Crippen LogP contribution in [-0.4, -0.2) is 40.1 Å². The summed E-state index contributed by atoms with van der Waals surface area (Å²) in [6.07, 6.45) is 2.06. The minimum atomic E-state index is -1.04. The van der Waals surface area contributed by atoms with Gasteiger partial charge in [0, 0.05) is 6.54 Å². The number of benzene rings is 1. The van der Waals surface area contributed by atoms with Crippen molar-refractivity contribution in [3.63, 3.8) is 0 Å². The molecule has 0 heterocycles. The summed E-state index contributed by atoms with van der Waals surface area (Å²) in [4.78, 5) is 24.4. The Labute approximate surface area is 111 Å². The summed E-state index contributed by atoms with van der Waals surface area (Å²) in [5.74, 6) is -1.17. The number of carbonyl (C=O) groups is 2. The van der Waals surface area contributed by atoms with E-state index < -0.39 is 11.9 Å². The van der Waals surface area contributed by atoms with E-state index in [-0.39, 0.29) is 17.9 Å². The molecule has 5 heteroatoms. The van der Waals surface area contributed by atoms with E-state index in [2.05, 4.69) is 0 Å². The maximum atomic E-state index is 12.3. The fraction of sp³-hybridized carbons (Fsp3) is 0.429. The van der Waals surface area contributed by atoms with Crippen molar-refractivity contribution in [3.05, 3.63) is 29.3 Å². The van der Waals surface area contributed by atoms with Crippen molar-refractivity contribution in [1.29, 1.82) is 0 Å². The SMILES string of the molecule is Cc1ccc(C(=O)N(CC(=O)O)CC2CC2)c(O)c1. The summed E-state index contributed by atoms with van der Waals surface area (Å²) in [5.41, 5.74) is 1.01. The van der Waals surface area contributed by atoms with Crippen LogP contribution in [0.25, 0.3) is 0 Å². The molecule has 0 spiro atoms. The summed E-state index contributed by atoms with van der Waals surface area (Å²) >= 11 is 0. The molecule has 1 saturated carbocycles. The highest BCUT2D eigenvalue weighted by Crippen LogP contribution is 2.30. The van der Waals surface area contributed by atoms with Gasteiger partial charge in [0.2, 0.25) is 0 Å². The van der Waals surface area contributed by atoms with Crippen molar-refractivity contribution in [2.45, 2.75) is 19.8 Å². The lowest BCUT2D eigenvalue weighted by Gasteiger charge is -2.21. The van der Waals surface area contributed by atoms with E-state index in [1.165, 1.54) is 17.0 Å². The molecular formula is C14H17NO4. The topological polar surface area (TPSA) is 77.8 Å². The minimum absolute atomic E-state index is 0.101. The Morgan fingerprint density at radius 2 is 2.05 bits per heavy atom. The van der Waals surface area contributed by atoms with Gasteiger partial charge in [-0.1, -0.05) is 6.07 Å². The highest BCUT2D eigenvalue weighted by Gasteiger charge is 2.29. The summed E-state index contributed by atoms with van der Waals surface area (Å²) in [6, 6.07) is 4.76. The van der Waals surface area contributed by atoms with Gasteiger partial charge in [-0.25, -0.2) is 0 Å². The van der Waals surface area contributed by atoms with Crippen LogP contribution in [0.5, 0.6) is 5.75 Å². The van der Waals surface area contributed by atoms with Crippen molar-refractivity contribution in [3.8, 4) is 5.75 Å². The molecule has 0 bridgehead atoms. The van der Waals surface area contributed by atoms with Gasteiger partial charge in [0.05, 0.1) is 5.56 Å². The normalized spacial score (nSPS) is 14.2. The fourth-order valence-corrected chi connectivity index (χ4v) is 1.99. The zero-order chi connectivity index (χ0) is 14.0. The second kappa shape index (κ2) is 5.30. The van der Waals surface area contributed by atoms with Gasteiger partial charge in [0.25, 0.3) is 5.91 Å². The summed E-state index contributed by atoms with van der Waals surface area (Å²) < 4.78 is 0. The Hall–Kier alpha value is -2.04. The minimum Gasteiger partial charge on any atom is -0.507 e. The monoisotopic (exact) mass is 263 g/mol. The predicted octanol–water partition coefficient (Wildman–Crippen LogP) is 1.64. The smallest absolute Gasteiger partial charge is 0.323 e. The third-order valence-electron chi connectivity index (χ3n) is 3.17. The Morgan fingerprint density at radius 3 is 2.58 bits per heavy atom. The largest absolute Gasteiger partial charge is 0.507 e. The lowest BCUT2D eigenvalue weighted by molar-refractivity contribution is -0.137. The van der Waals surface area contributed by atoms with Gasteiger partial charge < -0.3 is 15.1 Å². The Kier molecular flexibility index (Phi) is 3.74. The van der Waals surface area contributed by atoms with Gasteiger partial charge in [-0.2, -0.15) is 0 Å². The van der Waals surface area contributed by atoms with E-state index in [4.69, 9.17) is 5.11 Å². The molecule has 0 aromatic heterocycles. The first-order valence-corrected chi connectivity index (χ1v) is 6.28. The second-order valence-electron chi connectivity index (χ2n) is 5.04. The first-order valence-electron chi connectivity index (χ1n) is 6.28. The molecule has 0 saturated heterocycles. The molecule has 102 valence electrons. The average Bonchev–Trinajstić information content (AvgIpc) is 3.10. The molecule has 1 fully saturated rings. The van der Waals surface area contributed by atoms with E-state index in [0.29, 0.717) is 12.5 Å². The molecule has 2 rings (SSSR count). The number of hydrogen-bond donors (Lipinski definition) is 2. The van der Waals surface area contributed by atoms with Crippen LogP contribution in [0.2, 0.25) is 0 Å². The number of nitrogens with zero attached hydrogens (tertiary/aromatic N) is 1. The van der Waals surface area contributed by atoms with Gasteiger partial charge in [-0.05, 0) is 43.4 Å². The molecule has 1 aliphatic carbocycles. The van der Waals surface area contributed by atoms with E-state index in [0.717, 1.165) is 18.4 Å². The van der Waals surface area contributed by atoms with E-state index in [1.54, 1.807) is 6.07 Å². The van der Waals surface area contributed by atoms with E-state index in [1.807, 2.05) is 6.92 Å². The van der Waals surface area contributed by atoms with Gasteiger partial charge >= 0.3 is 5.97 Å². The lowest BCUT2D eigenvalue weighted by Crippen LogP contribution is -2.37. The third kappa shape index (κ3) is 3.47. The van der Waals surface area contributed by atoms with Crippen molar-refractivity contribution in [2.75, 3.05) is 13.1 Å². The molecule has 19 heavy (non-hydrogen) atoms. The van der Waals surface area contributed by atoms with Crippen LogP contribution in [0.3, 0.4) is 0 Å². The van der Waals surface area contributed by atoms with Gasteiger partial charge in [0.1, 0.15) is 12.3 Å². The van der Waals surface area contributed by atoms with Crippen molar-refractivity contribution < 1.29 is 19.8 Å². The van der Waals surface area contributed by atoms with Crippen molar-refractivity contribution >= 4 is 11.9 Å². The maximum absolute atomic E-state index is 12.3. The number of amides is 1. The Balaban J connectivity index is 2.19. The van der Waals surface area contributed by atoms with Crippen molar-refractivity contribution in [1.82, 2.24) is 4.90 Å². The summed E-state index contributed by atoms with van der Waals surface area (Å²) in [7, 11) is 0. The van der Waals surface area contributed by atoms with Crippen LogP contribution < -0.4 is 0 Å². The predicted molar refractivity (Wildman–Crippen MR) is 69.1 cm³/mol. The highest BCUT2D eigenvalue weighted by atomic mass is 16.4. The molecule has 5 nitrogen and oxygen atoms in total. The molecule has 0 unspecified atom stereocenters. The maximum Gasteiger partial charge on any atom is 0.323 e. The number of hydrogen-bond acceptors (Lipinski definition) is 3. The van der Waals surface area contributed by atoms with Crippen LogP contribution in [0.15, 0.2) is 18.2 Å². The summed E-state index contributed by atoms with van der Waals surface area (Å²) in [6.45, 7) is 1.92. The lowest BCUT2D eigenvalue weighted by atomic mass is 10.1. The first kappa shape index (κ1) is 13.4. The quantitative estimate of drug-likeness (QED) is 0.846. The molecule has 0 aliphatic heterocycles. The molecule has 0 atom stereocenters. The number of aryl methyl sites for hydroxylation is 1. The number of carboxylic acid groups (broad SMARTS) is 1. The zero-order valence-electron chi connectivity index (χ0n) is 10.8. The standard InChI is InChI=1S/C14H17NO4/c1-9-2-5-11(12(16)6-9)14(19)15(8-13(17)18)7-10-3-4-10/h2,5-6,10,16H,3-4,7-8H2,1H3,(H,17,18). The van der Waals surface area contributed by atoms with Crippen LogP contribution >= 0.6 is 0 Å². The number of phenolic OH excluding ortho intramolecular Hbond substituents is 1. The van der Waals surface area contributed by atoms with Crippen LogP contribution in [0.4, 0.5) is 0 Å². The van der Waals surface area contributed by atoms with E-state index in [9.17, 15) is 14.7 Å². The van der Waals surface area contributed by atoms with Crippen LogP contribution in [-0.2, 0) is 4.79 Å². The molecule has 0 radical (unpaired) electrons. The Bertz CT molecular complexity index is 508. The van der Waals surface area contributed by atoms with Crippen LogP contribution in [0, 0.1) is 12.8 Å². The molecule has 1 amide bonds. The van der Waals surface area contributed by atoms with Crippen molar-refractivity contribution in [2.24, 2.45) is 5.92 Å². The average molecular weight is 263 g/mol.